The first-order valence-corrected chi connectivity index (χ1v) is 9.41. The van der Waals surface area contributed by atoms with Crippen molar-refractivity contribution in [2.45, 2.75) is 44.2 Å². The minimum absolute atomic E-state index is 0.547. The van der Waals surface area contributed by atoms with Crippen molar-refractivity contribution < 1.29 is 0 Å². The van der Waals surface area contributed by atoms with E-state index in [1.165, 1.54) is 43.0 Å². The lowest BCUT2D eigenvalue weighted by Crippen LogP contribution is -2.36. The topological polar surface area (TPSA) is 40.0 Å². The Hall–Kier alpha value is -0.620. The van der Waals surface area contributed by atoms with Gasteiger partial charge in [-0.05, 0) is 24.7 Å². The van der Waals surface area contributed by atoms with Crippen LogP contribution < -0.4 is 5.32 Å². The van der Waals surface area contributed by atoms with Gasteiger partial charge in [0.25, 0.3) is 0 Å². The maximum Gasteiger partial charge on any atom is 0.167 e. The SMILES string of the molecule is C1=C(CSC2=N[C@@H]3CCCC[C@H]3N2)N2CCCN=C2S1. The Morgan fingerprint density at radius 2 is 2.30 bits per heavy atom. The average Bonchev–Trinajstić information content (AvgIpc) is 3.08. The molecule has 6 heteroatoms. The molecule has 1 fully saturated rings. The molecule has 1 N–H and O–H groups in total. The molecule has 1 saturated carbocycles. The van der Waals surface area contributed by atoms with Gasteiger partial charge >= 0.3 is 0 Å². The van der Waals surface area contributed by atoms with Gasteiger partial charge in [0.2, 0.25) is 0 Å². The van der Waals surface area contributed by atoms with E-state index < -0.39 is 0 Å². The summed E-state index contributed by atoms with van der Waals surface area (Å²) in [6.45, 7) is 2.12. The number of rotatable bonds is 2. The van der Waals surface area contributed by atoms with Crippen LogP contribution in [0.5, 0.6) is 0 Å². The molecule has 4 nitrogen and oxygen atoms in total. The van der Waals surface area contributed by atoms with Crippen LogP contribution in [0.25, 0.3) is 0 Å². The fourth-order valence-corrected chi connectivity index (χ4v) is 5.28. The third-order valence-corrected chi connectivity index (χ3v) is 6.23. The van der Waals surface area contributed by atoms with Gasteiger partial charge in [-0.1, -0.05) is 36.4 Å². The van der Waals surface area contributed by atoms with Gasteiger partial charge in [0, 0.05) is 24.5 Å². The zero-order valence-corrected chi connectivity index (χ0v) is 13.2. The largest absolute Gasteiger partial charge is 0.360 e. The molecule has 0 amide bonds. The van der Waals surface area contributed by atoms with Crippen molar-refractivity contribution in [3.63, 3.8) is 0 Å². The average molecular weight is 308 g/mol. The number of hydrogen-bond donors (Lipinski definition) is 1. The fraction of sp³-hybridized carbons (Fsp3) is 0.714. The van der Waals surface area contributed by atoms with Gasteiger partial charge in [-0.15, -0.1) is 0 Å². The van der Waals surface area contributed by atoms with Crippen molar-refractivity contribution in [1.29, 1.82) is 0 Å². The van der Waals surface area contributed by atoms with E-state index >= 15 is 0 Å². The van der Waals surface area contributed by atoms with Gasteiger partial charge in [0.05, 0.1) is 12.1 Å². The first-order chi connectivity index (χ1) is 9.90. The van der Waals surface area contributed by atoms with Gasteiger partial charge in [0.1, 0.15) is 0 Å². The lowest BCUT2D eigenvalue weighted by molar-refractivity contribution is 0.385. The fourth-order valence-electron chi connectivity index (χ4n) is 3.25. The summed E-state index contributed by atoms with van der Waals surface area (Å²) in [5.74, 6) is 1.01. The normalized spacial score (nSPS) is 32.0. The molecule has 0 spiro atoms. The van der Waals surface area contributed by atoms with Crippen LogP contribution >= 0.6 is 23.5 Å². The van der Waals surface area contributed by atoms with Crippen LogP contribution in [0.1, 0.15) is 32.1 Å². The van der Waals surface area contributed by atoms with E-state index in [-0.39, 0.29) is 0 Å². The Kier molecular flexibility index (Phi) is 3.68. The standard InChI is InChI=1S/C14H20N4S2/c1-2-5-12-11(4-1)16-13(17-12)19-8-10-9-20-14-15-6-3-7-18(10)14/h9,11-12H,1-8H2,(H,16,17)/t11-,12-/m1/s1. The number of amidine groups is 2. The molecule has 0 radical (unpaired) electrons. The highest BCUT2D eigenvalue weighted by atomic mass is 32.2. The Morgan fingerprint density at radius 3 is 3.25 bits per heavy atom. The van der Waals surface area contributed by atoms with E-state index in [1.54, 1.807) is 11.8 Å². The highest BCUT2D eigenvalue weighted by Gasteiger charge is 2.31. The second kappa shape index (κ2) is 5.64. The molecule has 0 unspecified atom stereocenters. The van der Waals surface area contributed by atoms with Crippen molar-refractivity contribution in [3.05, 3.63) is 11.1 Å². The molecule has 3 heterocycles. The van der Waals surface area contributed by atoms with Crippen LogP contribution in [0, 0.1) is 0 Å². The van der Waals surface area contributed by atoms with Crippen LogP contribution in [0.3, 0.4) is 0 Å². The van der Waals surface area contributed by atoms with Crippen molar-refractivity contribution in [2.24, 2.45) is 9.98 Å². The van der Waals surface area contributed by atoms with Crippen LogP contribution in [0.15, 0.2) is 21.1 Å². The van der Waals surface area contributed by atoms with Crippen LogP contribution in [-0.4, -0.2) is 46.2 Å². The predicted octanol–water partition coefficient (Wildman–Crippen LogP) is 2.64. The third kappa shape index (κ3) is 2.48. The molecular weight excluding hydrogens is 288 g/mol. The lowest BCUT2D eigenvalue weighted by atomic mass is 9.92. The molecule has 4 rings (SSSR count). The summed E-state index contributed by atoms with van der Waals surface area (Å²) >= 11 is 3.64. The number of thioether (sulfide) groups is 2. The summed E-state index contributed by atoms with van der Waals surface area (Å²) in [6, 6.07) is 1.16. The Bertz CT molecular complexity index is 486. The molecule has 2 atom stereocenters. The summed E-state index contributed by atoms with van der Waals surface area (Å²) in [6.07, 6.45) is 6.44. The molecule has 1 aliphatic carbocycles. The van der Waals surface area contributed by atoms with Crippen molar-refractivity contribution in [1.82, 2.24) is 10.2 Å². The number of fused-ring (bicyclic) bond motifs is 2. The highest BCUT2D eigenvalue weighted by molar-refractivity contribution is 8.17. The van der Waals surface area contributed by atoms with Crippen molar-refractivity contribution in [2.75, 3.05) is 18.8 Å². The predicted molar refractivity (Wildman–Crippen MR) is 88.4 cm³/mol. The summed E-state index contributed by atoms with van der Waals surface area (Å²) < 4.78 is 0. The third-order valence-electron chi connectivity index (χ3n) is 4.34. The Labute approximate surface area is 128 Å². The molecule has 20 heavy (non-hydrogen) atoms. The van der Waals surface area contributed by atoms with Crippen LogP contribution in [-0.2, 0) is 0 Å². The highest BCUT2D eigenvalue weighted by Crippen LogP contribution is 2.32. The first-order valence-electron chi connectivity index (χ1n) is 7.55. The molecule has 0 aromatic heterocycles. The zero-order valence-electron chi connectivity index (χ0n) is 11.5. The molecule has 0 aromatic carbocycles. The molecular formula is C14H20N4S2. The molecule has 3 aliphatic heterocycles. The molecule has 108 valence electrons. The van der Waals surface area contributed by atoms with Crippen molar-refractivity contribution >= 4 is 33.9 Å². The van der Waals surface area contributed by atoms with E-state index in [1.807, 2.05) is 11.8 Å². The van der Waals surface area contributed by atoms with Crippen LogP contribution in [0.2, 0.25) is 0 Å². The Morgan fingerprint density at radius 1 is 1.35 bits per heavy atom. The minimum atomic E-state index is 0.547. The van der Waals surface area contributed by atoms with E-state index in [0.29, 0.717) is 12.1 Å². The number of nitrogens with zero attached hydrogens (tertiary/aromatic N) is 3. The number of nitrogens with one attached hydrogen (secondary N) is 1. The quantitative estimate of drug-likeness (QED) is 0.851. The summed E-state index contributed by atoms with van der Waals surface area (Å²) in [7, 11) is 0. The van der Waals surface area contributed by atoms with Gasteiger partial charge in [-0.3, -0.25) is 9.98 Å². The maximum atomic E-state index is 4.86. The monoisotopic (exact) mass is 308 g/mol. The molecule has 0 aromatic rings. The lowest BCUT2D eigenvalue weighted by Gasteiger charge is -2.25. The van der Waals surface area contributed by atoms with E-state index in [4.69, 9.17) is 4.99 Å². The molecule has 4 aliphatic rings. The van der Waals surface area contributed by atoms with Gasteiger partial charge in [-0.2, -0.15) is 0 Å². The maximum absolute atomic E-state index is 4.86. The second-order valence-corrected chi connectivity index (χ2v) is 7.52. The minimum Gasteiger partial charge on any atom is -0.360 e. The van der Waals surface area contributed by atoms with E-state index in [9.17, 15) is 0 Å². The first kappa shape index (κ1) is 13.1. The zero-order chi connectivity index (χ0) is 13.4. The van der Waals surface area contributed by atoms with Crippen molar-refractivity contribution in [3.8, 4) is 0 Å². The second-order valence-electron chi connectivity index (χ2n) is 5.72. The van der Waals surface area contributed by atoms with E-state index in [0.717, 1.165) is 24.0 Å². The van der Waals surface area contributed by atoms with Gasteiger partial charge in [-0.25, -0.2) is 0 Å². The van der Waals surface area contributed by atoms with Gasteiger partial charge in [0.15, 0.2) is 10.3 Å². The van der Waals surface area contributed by atoms with E-state index in [2.05, 4.69) is 20.6 Å². The van der Waals surface area contributed by atoms with Gasteiger partial charge < -0.3 is 10.2 Å². The van der Waals surface area contributed by atoms with Crippen LogP contribution in [0.4, 0.5) is 0 Å². The Balaban J connectivity index is 1.35. The molecule has 0 bridgehead atoms. The molecule has 0 saturated heterocycles. The number of hydrogen-bond acceptors (Lipinski definition) is 6. The summed E-state index contributed by atoms with van der Waals surface area (Å²) in [5.41, 5.74) is 1.40. The summed E-state index contributed by atoms with van der Waals surface area (Å²) in [5, 5.41) is 8.24. The summed E-state index contributed by atoms with van der Waals surface area (Å²) in [4.78, 5) is 11.8. The smallest absolute Gasteiger partial charge is 0.167 e. The number of aliphatic imine (C=N–C) groups is 2.